The number of carbonyl (C=O) groups is 2. The lowest BCUT2D eigenvalue weighted by Gasteiger charge is -2.42. The standard InChI is InChI=1S/C27H37ClN6O3/c1-26(2,3)37-25(36)34-13-9-19(10-14-34)18-30-24(35)27(20-7-5-4-6-8-20)11-15-33(16-12-27)21-17-22(28)31-32-23(21)29/h4-8,17,19H,9-16,18H2,1-3H3,(H2,29,32)(H,30,35). The molecule has 2 aliphatic rings. The van der Waals surface area contributed by atoms with Crippen LogP contribution in [0.15, 0.2) is 36.4 Å². The van der Waals surface area contributed by atoms with Crippen LogP contribution in [0.4, 0.5) is 16.3 Å². The Morgan fingerprint density at radius 3 is 2.38 bits per heavy atom. The Kier molecular flexibility index (Phi) is 8.11. The van der Waals surface area contributed by atoms with Crippen LogP contribution in [0, 0.1) is 5.92 Å². The van der Waals surface area contributed by atoms with E-state index in [0.717, 1.165) is 24.1 Å². The van der Waals surface area contributed by atoms with Gasteiger partial charge in [-0.1, -0.05) is 41.9 Å². The number of nitrogens with one attached hydrogen (secondary N) is 1. The van der Waals surface area contributed by atoms with E-state index < -0.39 is 11.0 Å². The number of benzene rings is 1. The molecular formula is C27H37ClN6O3. The summed E-state index contributed by atoms with van der Waals surface area (Å²) < 4.78 is 5.50. The third-order valence-corrected chi connectivity index (χ3v) is 7.49. The summed E-state index contributed by atoms with van der Waals surface area (Å²) in [6.07, 6.45) is 2.68. The molecule has 0 saturated carbocycles. The number of hydrogen-bond acceptors (Lipinski definition) is 7. The number of ether oxygens (including phenoxy) is 1. The fourth-order valence-corrected chi connectivity index (χ4v) is 5.35. The van der Waals surface area contributed by atoms with Gasteiger partial charge in [0.05, 0.1) is 11.1 Å². The maximum absolute atomic E-state index is 13.8. The van der Waals surface area contributed by atoms with Gasteiger partial charge in [0.2, 0.25) is 5.91 Å². The first-order valence-electron chi connectivity index (χ1n) is 12.9. The third kappa shape index (κ3) is 6.44. The lowest BCUT2D eigenvalue weighted by molar-refractivity contribution is -0.128. The minimum atomic E-state index is -0.631. The summed E-state index contributed by atoms with van der Waals surface area (Å²) in [5, 5.41) is 11.3. The number of anilines is 2. The largest absolute Gasteiger partial charge is 0.444 e. The second-order valence-corrected chi connectivity index (χ2v) is 11.4. The smallest absolute Gasteiger partial charge is 0.410 e. The van der Waals surface area contributed by atoms with Crippen molar-refractivity contribution in [3.05, 3.63) is 47.1 Å². The highest BCUT2D eigenvalue weighted by atomic mass is 35.5. The molecule has 0 atom stereocenters. The first-order valence-corrected chi connectivity index (χ1v) is 13.3. The number of piperidine rings is 2. The van der Waals surface area contributed by atoms with Gasteiger partial charge in [0, 0.05) is 38.8 Å². The molecule has 3 heterocycles. The molecule has 9 nitrogen and oxygen atoms in total. The van der Waals surface area contributed by atoms with Crippen molar-refractivity contribution in [2.75, 3.05) is 43.4 Å². The molecule has 4 rings (SSSR count). The zero-order valence-electron chi connectivity index (χ0n) is 21.9. The van der Waals surface area contributed by atoms with E-state index in [9.17, 15) is 9.59 Å². The van der Waals surface area contributed by atoms with E-state index >= 15 is 0 Å². The van der Waals surface area contributed by atoms with E-state index in [1.807, 2.05) is 51.1 Å². The van der Waals surface area contributed by atoms with Crippen LogP contribution < -0.4 is 16.0 Å². The van der Waals surface area contributed by atoms with Gasteiger partial charge in [0.15, 0.2) is 11.0 Å². The lowest BCUT2D eigenvalue weighted by Crippen LogP contribution is -2.53. The molecule has 2 saturated heterocycles. The molecule has 37 heavy (non-hydrogen) atoms. The Balaban J connectivity index is 1.39. The number of carbonyl (C=O) groups excluding carboxylic acids is 2. The zero-order chi connectivity index (χ0) is 26.6. The monoisotopic (exact) mass is 528 g/mol. The summed E-state index contributed by atoms with van der Waals surface area (Å²) in [7, 11) is 0. The van der Waals surface area contributed by atoms with Crippen molar-refractivity contribution < 1.29 is 14.3 Å². The van der Waals surface area contributed by atoms with Gasteiger partial charge < -0.3 is 25.6 Å². The molecule has 2 aliphatic heterocycles. The van der Waals surface area contributed by atoms with Crippen LogP contribution in [0.25, 0.3) is 0 Å². The normalized spacial score (nSPS) is 18.4. The number of hydrogen-bond donors (Lipinski definition) is 2. The number of amides is 2. The van der Waals surface area contributed by atoms with Crippen LogP contribution in [0.2, 0.25) is 5.15 Å². The molecular weight excluding hydrogens is 492 g/mol. The minimum Gasteiger partial charge on any atom is -0.444 e. The van der Waals surface area contributed by atoms with Gasteiger partial charge in [-0.3, -0.25) is 4.79 Å². The Bertz CT molecular complexity index is 1090. The number of nitrogens with zero attached hydrogens (tertiary/aromatic N) is 4. The van der Waals surface area contributed by atoms with E-state index in [4.69, 9.17) is 22.1 Å². The Morgan fingerprint density at radius 1 is 1.11 bits per heavy atom. The van der Waals surface area contributed by atoms with Gasteiger partial charge in [-0.05, 0) is 57.9 Å². The highest BCUT2D eigenvalue weighted by Crippen LogP contribution is 2.38. The van der Waals surface area contributed by atoms with E-state index in [0.29, 0.717) is 62.5 Å². The third-order valence-electron chi connectivity index (χ3n) is 7.31. The number of likely N-dealkylation sites (tertiary alicyclic amines) is 1. The van der Waals surface area contributed by atoms with Crippen LogP contribution in [0.3, 0.4) is 0 Å². The Morgan fingerprint density at radius 2 is 1.76 bits per heavy atom. The van der Waals surface area contributed by atoms with Gasteiger partial charge in [-0.2, -0.15) is 0 Å². The van der Waals surface area contributed by atoms with Gasteiger partial charge in [-0.15, -0.1) is 10.2 Å². The van der Waals surface area contributed by atoms with Crippen molar-refractivity contribution >= 4 is 35.1 Å². The van der Waals surface area contributed by atoms with Gasteiger partial charge >= 0.3 is 6.09 Å². The molecule has 0 bridgehead atoms. The summed E-state index contributed by atoms with van der Waals surface area (Å²) in [5.41, 5.74) is 6.69. The molecule has 1 aromatic heterocycles. The first-order chi connectivity index (χ1) is 17.6. The molecule has 3 N–H and O–H groups in total. The summed E-state index contributed by atoms with van der Waals surface area (Å²) in [4.78, 5) is 30.0. The average molecular weight is 529 g/mol. The Hall–Kier alpha value is -3.07. The summed E-state index contributed by atoms with van der Waals surface area (Å²) in [6.45, 7) is 8.77. The average Bonchev–Trinajstić information content (AvgIpc) is 2.88. The molecule has 1 aromatic carbocycles. The predicted octanol–water partition coefficient (Wildman–Crippen LogP) is 4.01. The van der Waals surface area contributed by atoms with Crippen molar-refractivity contribution in [3.63, 3.8) is 0 Å². The summed E-state index contributed by atoms with van der Waals surface area (Å²) in [6, 6.07) is 11.7. The zero-order valence-corrected chi connectivity index (χ0v) is 22.6. The van der Waals surface area contributed by atoms with Crippen LogP contribution >= 0.6 is 11.6 Å². The summed E-state index contributed by atoms with van der Waals surface area (Å²) in [5.74, 6) is 0.700. The highest BCUT2D eigenvalue weighted by Gasteiger charge is 2.43. The van der Waals surface area contributed by atoms with E-state index in [-0.39, 0.29) is 12.0 Å². The van der Waals surface area contributed by atoms with Gasteiger partial charge in [0.1, 0.15) is 5.60 Å². The second kappa shape index (κ2) is 11.1. The lowest BCUT2D eigenvalue weighted by atomic mass is 9.71. The fraction of sp³-hybridized carbons (Fsp3) is 0.556. The maximum atomic E-state index is 13.8. The number of aromatic nitrogens is 2. The molecule has 2 fully saturated rings. The SMILES string of the molecule is CC(C)(C)OC(=O)N1CCC(CNC(=O)C2(c3ccccc3)CCN(c3cc(Cl)nnc3N)CC2)CC1. The van der Waals surface area contributed by atoms with Crippen molar-refractivity contribution in [2.24, 2.45) is 5.92 Å². The second-order valence-electron chi connectivity index (χ2n) is 11.0. The van der Waals surface area contributed by atoms with Crippen molar-refractivity contribution in [1.29, 1.82) is 0 Å². The number of nitrogens with two attached hydrogens (primary N) is 1. The maximum Gasteiger partial charge on any atom is 0.410 e. The van der Waals surface area contributed by atoms with Crippen LogP contribution in [-0.4, -0.2) is 65.4 Å². The van der Waals surface area contributed by atoms with Crippen LogP contribution in [0.1, 0.15) is 52.0 Å². The molecule has 0 spiro atoms. The van der Waals surface area contributed by atoms with Crippen LogP contribution in [-0.2, 0) is 14.9 Å². The van der Waals surface area contributed by atoms with E-state index in [1.165, 1.54) is 0 Å². The van der Waals surface area contributed by atoms with Gasteiger partial charge in [0.25, 0.3) is 0 Å². The quantitative estimate of drug-likeness (QED) is 0.602. The molecule has 10 heteroatoms. The van der Waals surface area contributed by atoms with Crippen LogP contribution in [0.5, 0.6) is 0 Å². The van der Waals surface area contributed by atoms with Crippen molar-refractivity contribution in [2.45, 2.75) is 57.5 Å². The fourth-order valence-electron chi connectivity index (χ4n) is 5.21. The first kappa shape index (κ1) is 27.0. The van der Waals surface area contributed by atoms with E-state index in [1.54, 1.807) is 11.0 Å². The van der Waals surface area contributed by atoms with Crippen molar-refractivity contribution in [3.8, 4) is 0 Å². The Labute approximate surface area is 223 Å². The van der Waals surface area contributed by atoms with Gasteiger partial charge in [-0.25, -0.2) is 4.79 Å². The minimum absolute atomic E-state index is 0.0479. The number of rotatable bonds is 5. The molecule has 0 unspecified atom stereocenters. The molecule has 0 aliphatic carbocycles. The summed E-state index contributed by atoms with van der Waals surface area (Å²) >= 11 is 6.06. The molecule has 0 radical (unpaired) electrons. The number of halogens is 1. The highest BCUT2D eigenvalue weighted by molar-refractivity contribution is 6.29. The number of nitrogen functional groups attached to an aromatic ring is 1. The van der Waals surface area contributed by atoms with E-state index in [2.05, 4.69) is 20.4 Å². The van der Waals surface area contributed by atoms with Crippen molar-refractivity contribution in [1.82, 2.24) is 20.4 Å². The molecule has 2 aromatic rings. The predicted molar refractivity (Wildman–Crippen MR) is 145 cm³/mol. The topological polar surface area (TPSA) is 114 Å². The molecule has 2 amide bonds. The molecule has 200 valence electrons.